The lowest BCUT2D eigenvalue weighted by atomic mass is 10.1. The number of anilines is 1. The zero-order chi connectivity index (χ0) is 15.1. The van der Waals surface area contributed by atoms with Crippen molar-refractivity contribution in [2.75, 3.05) is 11.9 Å². The highest BCUT2D eigenvalue weighted by molar-refractivity contribution is 6.30. The van der Waals surface area contributed by atoms with Gasteiger partial charge in [-0.25, -0.2) is 0 Å². The molecule has 0 aliphatic heterocycles. The molecule has 0 aromatic heterocycles. The number of carbonyl (C=O) groups excluding carboxylic acids is 1. The van der Waals surface area contributed by atoms with E-state index >= 15 is 0 Å². The molecule has 1 atom stereocenters. The van der Waals surface area contributed by atoms with E-state index in [-0.39, 0.29) is 11.9 Å². The summed E-state index contributed by atoms with van der Waals surface area (Å²) in [6.07, 6.45) is 0.420. The van der Waals surface area contributed by atoms with Gasteiger partial charge in [-0.05, 0) is 30.7 Å². The summed E-state index contributed by atoms with van der Waals surface area (Å²) in [6.45, 7) is 2.56. The summed E-state index contributed by atoms with van der Waals surface area (Å²) in [6, 6.07) is 17.4. The fraction of sp³-hybridized carbons (Fsp3) is 0.235. The maximum absolute atomic E-state index is 11.9. The van der Waals surface area contributed by atoms with Gasteiger partial charge < -0.3 is 10.6 Å². The molecule has 21 heavy (non-hydrogen) atoms. The molecule has 1 unspecified atom stereocenters. The number of hydrogen-bond acceptors (Lipinski definition) is 2. The van der Waals surface area contributed by atoms with Crippen LogP contribution in [-0.4, -0.2) is 12.5 Å². The summed E-state index contributed by atoms with van der Waals surface area (Å²) in [5, 5.41) is 6.86. The van der Waals surface area contributed by atoms with E-state index in [0.29, 0.717) is 18.0 Å². The Kier molecular flexibility index (Phi) is 5.64. The summed E-state index contributed by atoms with van der Waals surface area (Å²) in [4.78, 5) is 11.9. The number of amides is 1. The average Bonchev–Trinajstić information content (AvgIpc) is 2.48. The van der Waals surface area contributed by atoms with Gasteiger partial charge in [0.15, 0.2) is 0 Å². The van der Waals surface area contributed by atoms with Gasteiger partial charge in [-0.3, -0.25) is 4.79 Å². The van der Waals surface area contributed by atoms with Crippen LogP contribution in [0.5, 0.6) is 0 Å². The summed E-state index contributed by atoms with van der Waals surface area (Å²) >= 11 is 5.90. The van der Waals surface area contributed by atoms with Crippen LogP contribution in [0.1, 0.15) is 24.9 Å². The van der Waals surface area contributed by atoms with Crippen LogP contribution in [0.2, 0.25) is 5.02 Å². The summed E-state index contributed by atoms with van der Waals surface area (Å²) < 4.78 is 0. The highest BCUT2D eigenvalue weighted by Gasteiger charge is 2.08. The van der Waals surface area contributed by atoms with Crippen LogP contribution < -0.4 is 10.6 Å². The molecule has 0 saturated carbocycles. The van der Waals surface area contributed by atoms with Crippen molar-refractivity contribution >= 4 is 23.2 Å². The van der Waals surface area contributed by atoms with E-state index in [0.717, 1.165) is 11.3 Å². The van der Waals surface area contributed by atoms with Crippen molar-refractivity contribution in [1.82, 2.24) is 5.32 Å². The molecule has 2 aromatic rings. The van der Waals surface area contributed by atoms with Crippen LogP contribution in [0.25, 0.3) is 0 Å². The molecule has 1 amide bonds. The van der Waals surface area contributed by atoms with Crippen molar-refractivity contribution < 1.29 is 4.79 Å². The largest absolute Gasteiger partial charge is 0.384 e. The summed E-state index contributed by atoms with van der Waals surface area (Å²) in [5.74, 6) is 0.0286. The van der Waals surface area contributed by atoms with Gasteiger partial charge in [0.05, 0.1) is 6.04 Å². The van der Waals surface area contributed by atoms with Crippen molar-refractivity contribution in [2.45, 2.75) is 19.4 Å². The van der Waals surface area contributed by atoms with Crippen molar-refractivity contribution in [3.63, 3.8) is 0 Å². The van der Waals surface area contributed by atoms with Gasteiger partial charge >= 0.3 is 0 Å². The minimum atomic E-state index is 0.0184. The predicted octanol–water partition coefficient (Wildman–Crippen LogP) is 4.02. The van der Waals surface area contributed by atoms with Crippen LogP contribution in [0.15, 0.2) is 54.6 Å². The van der Waals surface area contributed by atoms with Crippen LogP contribution in [0, 0.1) is 0 Å². The number of hydrogen-bond donors (Lipinski definition) is 2. The first kappa shape index (κ1) is 15.4. The smallest absolute Gasteiger partial charge is 0.222 e. The zero-order valence-electron chi connectivity index (χ0n) is 12.0. The van der Waals surface area contributed by atoms with Crippen molar-refractivity contribution in [2.24, 2.45) is 0 Å². The number of benzene rings is 2. The first-order valence-corrected chi connectivity index (χ1v) is 7.36. The monoisotopic (exact) mass is 302 g/mol. The minimum Gasteiger partial charge on any atom is -0.384 e. The van der Waals surface area contributed by atoms with Gasteiger partial charge in [-0.15, -0.1) is 0 Å². The highest BCUT2D eigenvalue weighted by Crippen LogP contribution is 2.15. The molecular formula is C17H19ClN2O. The van der Waals surface area contributed by atoms with Crippen LogP contribution >= 0.6 is 11.6 Å². The fourth-order valence-electron chi connectivity index (χ4n) is 2.06. The third kappa shape index (κ3) is 5.12. The van der Waals surface area contributed by atoms with Gasteiger partial charge in [0.25, 0.3) is 0 Å². The van der Waals surface area contributed by atoms with Gasteiger partial charge in [-0.2, -0.15) is 0 Å². The van der Waals surface area contributed by atoms with Crippen molar-refractivity contribution in [3.8, 4) is 0 Å². The maximum atomic E-state index is 11.9. The molecule has 3 nitrogen and oxygen atoms in total. The molecule has 4 heteroatoms. The number of nitrogens with one attached hydrogen (secondary N) is 2. The van der Waals surface area contributed by atoms with E-state index < -0.39 is 0 Å². The molecular weight excluding hydrogens is 284 g/mol. The Hall–Kier alpha value is -2.00. The molecule has 0 spiro atoms. The van der Waals surface area contributed by atoms with Crippen LogP contribution in [0.3, 0.4) is 0 Å². The standard InChI is InChI=1S/C17H19ClN2O/c1-13(14-6-3-2-4-7-14)20-17(21)10-11-19-16-9-5-8-15(18)12-16/h2-9,12-13,19H,10-11H2,1H3,(H,20,21). The van der Waals surface area contributed by atoms with E-state index in [2.05, 4.69) is 10.6 Å². The first-order valence-electron chi connectivity index (χ1n) is 6.99. The molecule has 0 bridgehead atoms. The fourth-order valence-corrected chi connectivity index (χ4v) is 2.25. The molecule has 0 aliphatic carbocycles. The third-order valence-corrected chi connectivity index (χ3v) is 3.42. The molecule has 0 saturated heterocycles. The Balaban J connectivity index is 1.75. The molecule has 0 fully saturated rings. The van der Waals surface area contributed by atoms with Crippen molar-refractivity contribution in [1.29, 1.82) is 0 Å². The molecule has 2 aromatic carbocycles. The Labute approximate surface area is 130 Å². The number of carbonyl (C=O) groups is 1. The van der Waals surface area contributed by atoms with E-state index in [4.69, 9.17) is 11.6 Å². The lowest BCUT2D eigenvalue weighted by Gasteiger charge is -2.14. The van der Waals surface area contributed by atoms with E-state index in [1.54, 1.807) is 0 Å². The molecule has 0 radical (unpaired) electrons. The normalized spacial score (nSPS) is 11.7. The predicted molar refractivity (Wildman–Crippen MR) is 87.6 cm³/mol. The second kappa shape index (κ2) is 7.70. The third-order valence-electron chi connectivity index (χ3n) is 3.18. The average molecular weight is 303 g/mol. The van der Waals surface area contributed by atoms with Crippen molar-refractivity contribution in [3.05, 3.63) is 65.2 Å². The Morgan fingerprint density at radius 2 is 1.90 bits per heavy atom. The second-order valence-electron chi connectivity index (χ2n) is 4.89. The summed E-state index contributed by atoms with van der Waals surface area (Å²) in [5.41, 5.74) is 2.03. The van der Waals surface area contributed by atoms with E-state index in [1.807, 2.05) is 61.5 Å². The van der Waals surface area contributed by atoms with Gasteiger partial charge in [-0.1, -0.05) is 48.0 Å². The van der Waals surface area contributed by atoms with Crippen LogP contribution in [-0.2, 0) is 4.79 Å². The minimum absolute atomic E-state index is 0.0184. The van der Waals surface area contributed by atoms with E-state index in [9.17, 15) is 4.79 Å². The molecule has 0 aliphatic rings. The lowest BCUT2D eigenvalue weighted by molar-refractivity contribution is -0.121. The summed E-state index contributed by atoms with van der Waals surface area (Å²) in [7, 11) is 0. The Bertz CT molecular complexity index is 586. The molecule has 2 rings (SSSR count). The second-order valence-corrected chi connectivity index (χ2v) is 5.32. The Morgan fingerprint density at radius 1 is 1.14 bits per heavy atom. The SMILES string of the molecule is CC(NC(=O)CCNc1cccc(Cl)c1)c1ccccc1. The highest BCUT2D eigenvalue weighted by atomic mass is 35.5. The topological polar surface area (TPSA) is 41.1 Å². The number of rotatable bonds is 6. The maximum Gasteiger partial charge on any atom is 0.222 e. The van der Waals surface area contributed by atoms with Gasteiger partial charge in [0.2, 0.25) is 5.91 Å². The lowest BCUT2D eigenvalue weighted by Crippen LogP contribution is -2.28. The van der Waals surface area contributed by atoms with Crippen LogP contribution in [0.4, 0.5) is 5.69 Å². The zero-order valence-corrected chi connectivity index (χ0v) is 12.7. The molecule has 110 valence electrons. The number of halogens is 1. The van der Waals surface area contributed by atoms with Gasteiger partial charge in [0, 0.05) is 23.7 Å². The molecule has 2 N–H and O–H groups in total. The van der Waals surface area contributed by atoms with Gasteiger partial charge in [0.1, 0.15) is 0 Å². The molecule has 0 heterocycles. The van der Waals surface area contributed by atoms with E-state index in [1.165, 1.54) is 0 Å². The Morgan fingerprint density at radius 3 is 2.62 bits per heavy atom. The quantitative estimate of drug-likeness (QED) is 0.846. The first-order chi connectivity index (χ1) is 10.1.